The summed E-state index contributed by atoms with van der Waals surface area (Å²) >= 11 is 0. The first kappa shape index (κ1) is 15.5. The number of hydrogen-bond acceptors (Lipinski definition) is 3. The van der Waals surface area contributed by atoms with E-state index in [0.29, 0.717) is 24.2 Å². The molecule has 1 aromatic carbocycles. The molecule has 1 heterocycles. The summed E-state index contributed by atoms with van der Waals surface area (Å²) in [6, 6.07) is 4.91. The van der Waals surface area contributed by atoms with Crippen LogP contribution in [0.4, 0.5) is 4.39 Å². The average molecular weight is 291 g/mol. The zero-order valence-corrected chi connectivity index (χ0v) is 13.2. The van der Waals surface area contributed by atoms with Gasteiger partial charge in [0.15, 0.2) is 0 Å². The van der Waals surface area contributed by atoms with Gasteiger partial charge in [-0.05, 0) is 25.5 Å². The fourth-order valence-electron chi connectivity index (χ4n) is 2.11. The standard InChI is InChI=1S/C16H22FN3O/c1-10(2)18-9-14-12(4)19-20(5)16(14)21-15-8-13(17)7-6-11(15)3/h6-8,10,18H,9H2,1-5H3. The predicted molar refractivity (Wildman–Crippen MR) is 81.1 cm³/mol. The zero-order chi connectivity index (χ0) is 15.6. The summed E-state index contributed by atoms with van der Waals surface area (Å²) in [7, 11) is 1.83. The zero-order valence-electron chi connectivity index (χ0n) is 13.2. The van der Waals surface area contributed by atoms with Gasteiger partial charge in [-0.25, -0.2) is 9.07 Å². The van der Waals surface area contributed by atoms with Crippen LogP contribution in [-0.2, 0) is 13.6 Å². The molecule has 0 aliphatic carbocycles. The summed E-state index contributed by atoms with van der Waals surface area (Å²) in [5.41, 5.74) is 2.79. The molecular weight excluding hydrogens is 269 g/mol. The molecule has 0 amide bonds. The summed E-state index contributed by atoms with van der Waals surface area (Å²) in [6.07, 6.45) is 0. The van der Waals surface area contributed by atoms with E-state index in [4.69, 9.17) is 4.74 Å². The minimum absolute atomic E-state index is 0.309. The molecule has 0 unspecified atom stereocenters. The molecule has 114 valence electrons. The van der Waals surface area contributed by atoms with E-state index in [1.807, 2.05) is 20.9 Å². The highest BCUT2D eigenvalue weighted by molar-refractivity contribution is 5.39. The van der Waals surface area contributed by atoms with Crippen molar-refractivity contribution in [3.63, 3.8) is 0 Å². The number of nitrogens with zero attached hydrogens (tertiary/aromatic N) is 2. The average Bonchev–Trinajstić information content (AvgIpc) is 2.66. The van der Waals surface area contributed by atoms with Crippen molar-refractivity contribution in [2.45, 2.75) is 40.3 Å². The van der Waals surface area contributed by atoms with E-state index in [9.17, 15) is 4.39 Å². The molecule has 0 spiro atoms. The van der Waals surface area contributed by atoms with Crippen LogP contribution in [0, 0.1) is 19.7 Å². The van der Waals surface area contributed by atoms with Gasteiger partial charge in [0.05, 0.1) is 11.3 Å². The Labute approximate surface area is 124 Å². The molecule has 0 saturated carbocycles. The summed E-state index contributed by atoms with van der Waals surface area (Å²) in [4.78, 5) is 0. The first-order chi connectivity index (χ1) is 9.88. The normalized spacial score (nSPS) is 11.2. The minimum Gasteiger partial charge on any atom is -0.439 e. The van der Waals surface area contributed by atoms with Crippen LogP contribution in [0.15, 0.2) is 18.2 Å². The molecule has 2 aromatic rings. The lowest BCUT2D eigenvalue weighted by molar-refractivity contribution is 0.416. The van der Waals surface area contributed by atoms with Crippen LogP contribution in [0.3, 0.4) is 0 Å². The first-order valence-corrected chi connectivity index (χ1v) is 7.08. The van der Waals surface area contributed by atoms with Crippen molar-refractivity contribution in [3.05, 3.63) is 40.8 Å². The number of aryl methyl sites for hydroxylation is 3. The molecule has 4 nitrogen and oxygen atoms in total. The predicted octanol–water partition coefficient (Wildman–Crippen LogP) is 3.47. The molecule has 1 N–H and O–H groups in total. The molecule has 2 rings (SSSR count). The third kappa shape index (κ3) is 3.61. The van der Waals surface area contributed by atoms with Gasteiger partial charge < -0.3 is 10.1 Å². The molecule has 1 aromatic heterocycles. The maximum Gasteiger partial charge on any atom is 0.222 e. The summed E-state index contributed by atoms with van der Waals surface area (Å²) < 4.78 is 21.0. The maximum absolute atomic E-state index is 13.4. The Morgan fingerprint density at radius 2 is 2.05 bits per heavy atom. The number of hydrogen-bond donors (Lipinski definition) is 1. The van der Waals surface area contributed by atoms with Crippen LogP contribution in [0.2, 0.25) is 0 Å². The number of ether oxygens (including phenoxy) is 1. The smallest absolute Gasteiger partial charge is 0.222 e. The summed E-state index contributed by atoms with van der Waals surface area (Å²) in [5.74, 6) is 0.856. The topological polar surface area (TPSA) is 39.1 Å². The van der Waals surface area contributed by atoms with Gasteiger partial charge >= 0.3 is 0 Å². The molecule has 0 saturated heterocycles. The minimum atomic E-state index is -0.309. The number of nitrogens with one attached hydrogen (secondary N) is 1. The van der Waals surface area contributed by atoms with Gasteiger partial charge in [0.25, 0.3) is 0 Å². The number of halogens is 1. The van der Waals surface area contributed by atoms with Gasteiger partial charge in [0.1, 0.15) is 11.6 Å². The number of rotatable bonds is 5. The van der Waals surface area contributed by atoms with Gasteiger partial charge in [-0.1, -0.05) is 19.9 Å². The van der Waals surface area contributed by atoms with Crippen LogP contribution >= 0.6 is 0 Å². The van der Waals surface area contributed by atoms with Crippen LogP contribution in [0.5, 0.6) is 11.6 Å². The van der Waals surface area contributed by atoms with E-state index >= 15 is 0 Å². The van der Waals surface area contributed by atoms with E-state index in [1.165, 1.54) is 12.1 Å². The molecule has 5 heteroatoms. The van der Waals surface area contributed by atoms with Crippen LogP contribution in [0.25, 0.3) is 0 Å². The van der Waals surface area contributed by atoms with Crippen molar-refractivity contribution >= 4 is 0 Å². The second-order valence-corrected chi connectivity index (χ2v) is 5.54. The van der Waals surface area contributed by atoms with E-state index < -0.39 is 0 Å². The van der Waals surface area contributed by atoms with Crippen molar-refractivity contribution in [1.82, 2.24) is 15.1 Å². The van der Waals surface area contributed by atoms with Crippen molar-refractivity contribution < 1.29 is 9.13 Å². The third-order valence-electron chi connectivity index (χ3n) is 3.33. The second kappa shape index (κ2) is 6.26. The highest BCUT2D eigenvalue weighted by atomic mass is 19.1. The quantitative estimate of drug-likeness (QED) is 0.917. The van der Waals surface area contributed by atoms with Gasteiger partial charge in [0.2, 0.25) is 5.88 Å². The van der Waals surface area contributed by atoms with E-state index in [-0.39, 0.29) is 5.82 Å². The maximum atomic E-state index is 13.4. The summed E-state index contributed by atoms with van der Waals surface area (Å²) in [6.45, 7) is 8.68. The fourth-order valence-corrected chi connectivity index (χ4v) is 2.11. The Morgan fingerprint density at radius 3 is 2.71 bits per heavy atom. The highest BCUT2D eigenvalue weighted by Crippen LogP contribution is 2.29. The SMILES string of the molecule is Cc1ccc(F)cc1Oc1c(CNC(C)C)c(C)nn1C. The lowest BCUT2D eigenvalue weighted by atomic mass is 10.2. The van der Waals surface area contributed by atoms with Crippen molar-refractivity contribution in [3.8, 4) is 11.6 Å². The third-order valence-corrected chi connectivity index (χ3v) is 3.33. The number of aromatic nitrogens is 2. The Balaban J connectivity index is 2.32. The molecule has 0 atom stereocenters. The monoisotopic (exact) mass is 291 g/mol. The summed E-state index contributed by atoms with van der Waals surface area (Å²) in [5, 5.41) is 7.76. The molecule has 0 fully saturated rings. The highest BCUT2D eigenvalue weighted by Gasteiger charge is 2.16. The molecule has 0 radical (unpaired) electrons. The first-order valence-electron chi connectivity index (χ1n) is 7.08. The largest absolute Gasteiger partial charge is 0.439 e. The van der Waals surface area contributed by atoms with Gasteiger partial charge in [-0.3, -0.25) is 0 Å². The van der Waals surface area contributed by atoms with Gasteiger partial charge in [-0.2, -0.15) is 5.10 Å². The Morgan fingerprint density at radius 1 is 1.33 bits per heavy atom. The van der Waals surface area contributed by atoms with Crippen molar-refractivity contribution in [1.29, 1.82) is 0 Å². The lowest BCUT2D eigenvalue weighted by Crippen LogP contribution is -2.22. The Bertz CT molecular complexity index is 635. The Hall–Kier alpha value is -1.88. The van der Waals surface area contributed by atoms with Crippen LogP contribution in [-0.4, -0.2) is 15.8 Å². The van der Waals surface area contributed by atoms with Crippen LogP contribution < -0.4 is 10.1 Å². The molecule has 0 aliphatic heterocycles. The van der Waals surface area contributed by atoms with Crippen molar-refractivity contribution in [2.75, 3.05) is 0 Å². The molecule has 0 bridgehead atoms. The van der Waals surface area contributed by atoms with Crippen molar-refractivity contribution in [2.24, 2.45) is 7.05 Å². The second-order valence-electron chi connectivity index (χ2n) is 5.54. The van der Waals surface area contributed by atoms with Gasteiger partial charge in [0, 0.05) is 25.7 Å². The fraction of sp³-hybridized carbons (Fsp3) is 0.438. The van der Waals surface area contributed by atoms with E-state index in [2.05, 4.69) is 24.3 Å². The van der Waals surface area contributed by atoms with E-state index in [1.54, 1.807) is 10.7 Å². The van der Waals surface area contributed by atoms with Crippen LogP contribution in [0.1, 0.15) is 30.7 Å². The number of benzene rings is 1. The Kier molecular flexibility index (Phi) is 4.63. The van der Waals surface area contributed by atoms with Gasteiger partial charge in [-0.15, -0.1) is 0 Å². The molecule has 0 aliphatic rings. The lowest BCUT2D eigenvalue weighted by Gasteiger charge is -2.13. The molecule has 21 heavy (non-hydrogen) atoms. The molecular formula is C16H22FN3O. The van der Waals surface area contributed by atoms with E-state index in [0.717, 1.165) is 16.8 Å².